The SMILES string of the molecule is CC(C)CN(Cc1nc2ccc(Cl)cc2n1C1CCCC1)C(=O)c1ccccc1Br. The molecule has 0 unspecified atom stereocenters. The summed E-state index contributed by atoms with van der Waals surface area (Å²) in [6.07, 6.45) is 4.76. The molecule has 4 rings (SSSR count). The van der Waals surface area contributed by atoms with Gasteiger partial charge in [-0.1, -0.05) is 50.4 Å². The van der Waals surface area contributed by atoms with Crippen molar-refractivity contribution in [3.63, 3.8) is 0 Å². The number of nitrogens with zero attached hydrogens (tertiary/aromatic N) is 3. The van der Waals surface area contributed by atoms with Gasteiger partial charge in [-0.2, -0.15) is 0 Å². The van der Waals surface area contributed by atoms with Crippen LogP contribution in [0.15, 0.2) is 46.9 Å². The molecular weight excluding hydrogens is 462 g/mol. The lowest BCUT2D eigenvalue weighted by atomic mass is 10.1. The van der Waals surface area contributed by atoms with Crippen LogP contribution in [-0.2, 0) is 6.54 Å². The molecular formula is C24H27BrClN3O. The number of rotatable bonds is 6. The van der Waals surface area contributed by atoms with E-state index in [9.17, 15) is 4.79 Å². The minimum atomic E-state index is 0.0271. The van der Waals surface area contributed by atoms with Crippen molar-refractivity contribution in [1.29, 1.82) is 0 Å². The number of benzene rings is 2. The largest absolute Gasteiger partial charge is 0.331 e. The van der Waals surface area contributed by atoms with Crippen LogP contribution < -0.4 is 0 Å². The molecule has 1 heterocycles. The van der Waals surface area contributed by atoms with Gasteiger partial charge in [-0.05, 0) is 65.0 Å². The monoisotopic (exact) mass is 487 g/mol. The van der Waals surface area contributed by atoms with Crippen molar-refractivity contribution in [1.82, 2.24) is 14.5 Å². The molecule has 1 aliphatic carbocycles. The second-order valence-electron chi connectivity index (χ2n) is 8.53. The molecule has 0 aliphatic heterocycles. The number of carbonyl (C=O) groups excluding carboxylic acids is 1. The molecule has 0 atom stereocenters. The maximum atomic E-state index is 13.4. The van der Waals surface area contributed by atoms with E-state index in [0.29, 0.717) is 30.6 Å². The quantitative estimate of drug-likeness (QED) is 0.380. The summed E-state index contributed by atoms with van der Waals surface area (Å²) in [5.41, 5.74) is 2.70. The number of halogens is 2. The number of imidazole rings is 1. The van der Waals surface area contributed by atoms with Gasteiger partial charge < -0.3 is 9.47 Å². The van der Waals surface area contributed by atoms with E-state index in [-0.39, 0.29) is 5.91 Å². The van der Waals surface area contributed by atoms with Crippen LogP contribution in [0.1, 0.15) is 61.8 Å². The predicted molar refractivity (Wildman–Crippen MR) is 126 cm³/mol. The van der Waals surface area contributed by atoms with Crippen molar-refractivity contribution in [2.75, 3.05) is 6.54 Å². The summed E-state index contributed by atoms with van der Waals surface area (Å²) in [6, 6.07) is 13.9. The van der Waals surface area contributed by atoms with Crippen molar-refractivity contribution in [3.05, 3.63) is 63.3 Å². The second kappa shape index (κ2) is 9.11. The molecule has 6 heteroatoms. The van der Waals surface area contributed by atoms with E-state index in [2.05, 4.69) is 34.3 Å². The Labute approximate surface area is 191 Å². The molecule has 0 radical (unpaired) electrons. The molecule has 0 N–H and O–H groups in total. The zero-order valence-electron chi connectivity index (χ0n) is 17.4. The first-order valence-corrected chi connectivity index (χ1v) is 11.8. The van der Waals surface area contributed by atoms with Crippen LogP contribution in [0.2, 0.25) is 5.02 Å². The van der Waals surface area contributed by atoms with E-state index < -0.39 is 0 Å². The maximum Gasteiger partial charge on any atom is 0.255 e. The molecule has 1 amide bonds. The van der Waals surface area contributed by atoms with Gasteiger partial charge in [0.05, 0.1) is 23.1 Å². The van der Waals surface area contributed by atoms with Crippen molar-refractivity contribution in [2.24, 2.45) is 5.92 Å². The summed E-state index contributed by atoms with van der Waals surface area (Å²) in [5, 5.41) is 0.719. The fourth-order valence-electron chi connectivity index (χ4n) is 4.43. The van der Waals surface area contributed by atoms with Crippen molar-refractivity contribution in [2.45, 2.75) is 52.1 Å². The van der Waals surface area contributed by atoms with Crippen molar-refractivity contribution < 1.29 is 4.79 Å². The van der Waals surface area contributed by atoms with Crippen LogP contribution in [0.25, 0.3) is 11.0 Å². The Hall–Kier alpha value is -1.85. The first-order valence-electron chi connectivity index (χ1n) is 10.6. The summed E-state index contributed by atoms with van der Waals surface area (Å²) in [6.45, 7) is 5.44. The fraction of sp³-hybridized carbons (Fsp3) is 0.417. The third kappa shape index (κ3) is 4.42. The van der Waals surface area contributed by atoms with Gasteiger partial charge in [0.1, 0.15) is 5.82 Å². The van der Waals surface area contributed by atoms with E-state index in [1.807, 2.05) is 47.4 Å². The van der Waals surface area contributed by atoms with Gasteiger partial charge >= 0.3 is 0 Å². The highest BCUT2D eigenvalue weighted by molar-refractivity contribution is 9.10. The highest BCUT2D eigenvalue weighted by Gasteiger charge is 2.26. The van der Waals surface area contributed by atoms with E-state index in [4.69, 9.17) is 16.6 Å². The zero-order chi connectivity index (χ0) is 21.3. The van der Waals surface area contributed by atoms with Crippen LogP contribution in [0.4, 0.5) is 0 Å². The van der Waals surface area contributed by atoms with Gasteiger partial charge in [0, 0.05) is 22.1 Å². The summed E-state index contributed by atoms with van der Waals surface area (Å²) >= 11 is 9.86. The van der Waals surface area contributed by atoms with Crippen LogP contribution in [0.3, 0.4) is 0 Å². The van der Waals surface area contributed by atoms with Gasteiger partial charge in [-0.3, -0.25) is 4.79 Å². The summed E-state index contributed by atoms with van der Waals surface area (Å²) in [5.74, 6) is 1.33. The molecule has 4 nitrogen and oxygen atoms in total. The Morgan fingerprint density at radius 3 is 2.67 bits per heavy atom. The Morgan fingerprint density at radius 1 is 1.23 bits per heavy atom. The molecule has 0 bridgehead atoms. The first kappa shape index (κ1) is 21.4. The van der Waals surface area contributed by atoms with Gasteiger partial charge in [-0.15, -0.1) is 0 Å². The van der Waals surface area contributed by atoms with Crippen LogP contribution in [-0.4, -0.2) is 26.9 Å². The Bertz CT molecular complexity index is 1060. The van der Waals surface area contributed by atoms with Crippen molar-refractivity contribution >= 4 is 44.5 Å². The molecule has 1 aliphatic rings. The third-order valence-electron chi connectivity index (χ3n) is 5.72. The minimum Gasteiger partial charge on any atom is -0.331 e. The average molecular weight is 489 g/mol. The van der Waals surface area contributed by atoms with Gasteiger partial charge in [-0.25, -0.2) is 4.98 Å². The number of carbonyl (C=O) groups is 1. The van der Waals surface area contributed by atoms with Crippen LogP contribution in [0, 0.1) is 5.92 Å². The zero-order valence-corrected chi connectivity index (χ0v) is 19.8. The number of amides is 1. The minimum absolute atomic E-state index is 0.0271. The van der Waals surface area contributed by atoms with E-state index in [0.717, 1.165) is 39.2 Å². The van der Waals surface area contributed by atoms with Gasteiger partial charge in [0.2, 0.25) is 0 Å². The smallest absolute Gasteiger partial charge is 0.255 e. The molecule has 2 aromatic carbocycles. The molecule has 0 spiro atoms. The number of aromatic nitrogens is 2. The van der Waals surface area contributed by atoms with Crippen LogP contribution in [0.5, 0.6) is 0 Å². The molecule has 30 heavy (non-hydrogen) atoms. The molecule has 158 valence electrons. The lowest BCUT2D eigenvalue weighted by Gasteiger charge is -2.26. The van der Waals surface area contributed by atoms with E-state index >= 15 is 0 Å². The summed E-state index contributed by atoms with van der Waals surface area (Å²) in [4.78, 5) is 20.3. The maximum absolute atomic E-state index is 13.4. The standard InChI is InChI=1S/C24H27BrClN3O/c1-16(2)14-28(24(30)19-9-5-6-10-20(19)25)15-23-27-21-12-11-17(26)13-22(21)29(23)18-7-3-4-8-18/h5-6,9-13,16,18H,3-4,7-8,14-15H2,1-2H3. The Kier molecular flexibility index (Phi) is 6.49. The fourth-order valence-corrected chi connectivity index (χ4v) is 5.05. The summed E-state index contributed by atoms with van der Waals surface area (Å²) < 4.78 is 3.16. The second-order valence-corrected chi connectivity index (χ2v) is 9.82. The molecule has 1 fully saturated rings. The van der Waals surface area contributed by atoms with E-state index in [1.54, 1.807) is 0 Å². The first-order chi connectivity index (χ1) is 14.4. The number of fused-ring (bicyclic) bond motifs is 1. The lowest BCUT2D eigenvalue weighted by Crippen LogP contribution is -2.35. The average Bonchev–Trinajstić information content (AvgIpc) is 3.34. The van der Waals surface area contributed by atoms with Gasteiger partial charge in [0.25, 0.3) is 5.91 Å². The lowest BCUT2D eigenvalue weighted by molar-refractivity contribution is 0.0714. The Balaban J connectivity index is 1.75. The topological polar surface area (TPSA) is 38.1 Å². The number of hydrogen-bond donors (Lipinski definition) is 0. The molecule has 1 aromatic heterocycles. The third-order valence-corrected chi connectivity index (χ3v) is 6.65. The molecule has 1 saturated carbocycles. The number of hydrogen-bond acceptors (Lipinski definition) is 2. The predicted octanol–water partition coefficient (Wildman–Crippen LogP) is 6.87. The Morgan fingerprint density at radius 2 is 1.97 bits per heavy atom. The molecule has 3 aromatic rings. The normalized spacial score (nSPS) is 14.7. The van der Waals surface area contributed by atoms with Crippen molar-refractivity contribution in [3.8, 4) is 0 Å². The molecule has 0 saturated heterocycles. The van der Waals surface area contributed by atoms with Crippen LogP contribution >= 0.6 is 27.5 Å². The summed E-state index contributed by atoms with van der Waals surface area (Å²) in [7, 11) is 0. The van der Waals surface area contributed by atoms with E-state index in [1.165, 1.54) is 12.8 Å². The highest BCUT2D eigenvalue weighted by atomic mass is 79.9. The van der Waals surface area contributed by atoms with Gasteiger partial charge in [0.15, 0.2) is 0 Å². The highest BCUT2D eigenvalue weighted by Crippen LogP contribution is 2.35.